The Morgan fingerprint density at radius 3 is 2.05 bits per heavy atom. The van der Waals surface area contributed by atoms with Crippen molar-refractivity contribution >= 4 is 11.8 Å². The normalized spacial score (nSPS) is 12.7. The van der Waals surface area contributed by atoms with Gasteiger partial charge in [-0.2, -0.15) is 0 Å². The molecular weight excluding hydrogens is 254 g/mol. The van der Waals surface area contributed by atoms with E-state index in [0.29, 0.717) is 5.92 Å². The van der Waals surface area contributed by atoms with E-state index in [1.165, 1.54) is 10.5 Å². The fraction of sp³-hybridized carbons (Fsp3) is 0.312. The average molecular weight is 273 g/mol. The Hall–Kier alpha value is -1.32. The van der Waals surface area contributed by atoms with Gasteiger partial charge in [0.2, 0.25) is 0 Å². The van der Waals surface area contributed by atoms with Crippen LogP contribution >= 0.6 is 11.8 Å². The molecule has 2 rings (SSSR count). The molecular formula is C16H19NOS. The van der Waals surface area contributed by atoms with Crippen molar-refractivity contribution in [2.24, 2.45) is 0 Å². The van der Waals surface area contributed by atoms with Crippen LogP contribution in [0.25, 0.3) is 0 Å². The molecule has 0 aliphatic carbocycles. The van der Waals surface area contributed by atoms with Crippen molar-refractivity contribution in [2.45, 2.75) is 42.7 Å². The average Bonchev–Trinajstić information content (AvgIpc) is 2.40. The summed E-state index contributed by atoms with van der Waals surface area (Å²) in [6, 6.07) is 12.5. The van der Waals surface area contributed by atoms with Crippen LogP contribution in [0.15, 0.2) is 52.5 Å². The van der Waals surface area contributed by atoms with E-state index in [1.807, 2.05) is 12.1 Å². The topological polar surface area (TPSA) is 33.1 Å². The van der Waals surface area contributed by atoms with Crippen LogP contribution < -0.4 is 0 Å². The van der Waals surface area contributed by atoms with E-state index in [2.05, 4.69) is 43.1 Å². The van der Waals surface area contributed by atoms with Crippen molar-refractivity contribution in [3.63, 3.8) is 0 Å². The SMILES string of the molecule is CC(C)c1ccc(Sc2ccc([C@H](C)O)cn2)cc1. The summed E-state index contributed by atoms with van der Waals surface area (Å²) in [7, 11) is 0. The molecule has 0 bridgehead atoms. The molecule has 100 valence electrons. The molecule has 1 heterocycles. The summed E-state index contributed by atoms with van der Waals surface area (Å²) in [6.07, 6.45) is 1.27. The van der Waals surface area contributed by atoms with Crippen molar-refractivity contribution in [1.82, 2.24) is 4.98 Å². The lowest BCUT2D eigenvalue weighted by Crippen LogP contribution is -1.92. The summed E-state index contributed by atoms with van der Waals surface area (Å²) in [6.45, 7) is 6.13. The van der Waals surface area contributed by atoms with Crippen molar-refractivity contribution in [2.75, 3.05) is 0 Å². The zero-order chi connectivity index (χ0) is 13.8. The third-order valence-electron chi connectivity index (χ3n) is 3.01. The molecule has 1 atom stereocenters. The molecule has 0 aliphatic rings. The van der Waals surface area contributed by atoms with Crippen LogP contribution in [-0.4, -0.2) is 10.1 Å². The Balaban J connectivity index is 2.08. The van der Waals surface area contributed by atoms with Gasteiger partial charge in [0.1, 0.15) is 5.03 Å². The van der Waals surface area contributed by atoms with E-state index in [9.17, 15) is 5.11 Å². The molecule has 1 aromatic carbocycles. The second-order valence-corrected chi connectivity index (χ2v) is 6.03. The molecule has 0 spiro atoms. The Bertz CT molecular complexity index is 468. The van der Waals surface area contributed by atoms with Gasteiger partial charge in [0.15, 0.2) is 0 Å². The zero-order valence-electron chi connectivity index (χ0n) is 11.5. The molecule has 2 aromatic rings. The maximum Gasteiger partial charge on any atom is 0.101 e. The number of hydrogen-bond acceptors (Lipinski definition) is 3. The van der Waals surface area contributed by atoms with E-state index in [0.717, 1.165) is 10.6 Å². The number of aliphatic hydroxyl groups excluding tert-OH is 1. The number of hydrogen-bond donors (Lipinski definition) is 1. The minimum atomic E-state index is -0.461. The third-order valence-corrected chi connectivity index (χ3v) is 3.97. The molecule has 0 radical (unpaired) electrons. The Kier molecular flexibility index (Phi) is 4.61. The van der Waals surface area contributed by atoms with Crippen LogP contribution in [0.5, 0.6) is 0 Å². The standard InChI is InChI=1S/C16H19NOS/c1-11(2)13-4-7-15(8-5-13)19-16-9-6-14(10-17-16)12(3)18/h4-12,18H,1-3H3/t12-/m0/s1. The van der Waals surface area contributed by atoms with Crippen LogP contribution in [0.2, 0.25) is 0 Å². The van der Waals surface area contributed by atoms with E-state index >= 15 is 0 Å². The highest BCUT2D eigenvalue weighted by Crippen LogP contribution is 2.28. The predicted molar refractivity (Wildman–Crippen MR) is 79.5 cm³/mol. The van der Waals surface area contributed by atoms with Crippen LogP contribution in [0.3, 0.4) is 0 Å². The van der Waals surface area contributed by atoms with Crippen molar-refractivity contribution < 1.29 is 5.11 Å². The first kappa shape index (κ1) is 14.1. The van der Waals surface area contributed by atoms with Gasteiger partial charge in [-0.25, -0.2) is 4.98 Å². The molecule has 1 N–H and O–H groups in total. The maximum absolute atomic E-state index is 9.44. The number of aliphatic hydroxyl groups is 1. The van der Waals surface area contributed by atoms with E-state index in [1.54, 1.807) is 24.9 Å². The van der Waals surface area contributed by atoms with Gasteiger partial charge in [0, 0.05) is 11.1 Å². The van der Waals surface area contributed by atoms with Gasteiger partial charge >= 0.3 is 0 Å². The fourth-order valence-electron chi connectivity index (χ4n) is 1.74. The quantitative estimate of drug-likeness (QED) is 0.895. The van der Waals surface area contributed by atoms with Crippen molar-refractivity contribution in [3.8, 4) is 0 Å². The first-order valence-corrected chi connectivity index (χ1v) is 7.29. The molecule has 1 aromatic heterocycles. The molecule has 2 nitrogen and oxygen atoms in total. The summed E-state index contributed by atoms with van der Waals surface area (Å²) in [5, 5.41) is 10.4. The number of nitrogens with zero attached hydrogens (tertiary/aromatic N) is 1. The summed E-state index contributed by atoms with van der Waals surface area (Å²) in [4.78, 5) is 5.54. The number of aromatic nitrogens is 1. The van der Waals surface area contributed by atoms with Gasteiger partial charge in [-0.15, -0.1) is 0 Å². The molecule has 0 aliphatic heterocycles. The van der Waals surface area contributed by atoms with Gasteiger partial charge < -0.3 is 5.11 Å². The first-order chi connectivity index (χ1) is 9.06. The highest BCUT2D eigenvalue weighted by molar-refractivity contribution is 7.99. The summed E-state index contributed by atoms with van der Waals surface area (Å²) in [5.41, 5.74) is 2.20. The smallest absolute Gasteiger partial charge is 0.101 e. The van der Waals surface area contributed by atoms with Gasteiger partial charge in [-0.3, -0.25) is 0 Å². The number of rotatable bonds is 4. The van der Waals surface area contributed by atoms with E-state index < -0.39 is 6.10 Å². The summed E-state index contributed by atoms with van der Waals surface area (Å²) >= 11 is 1.64. The van der Waals surface area contributed by atoms with Crippen LogP contribution in [0, 0.1) is 0 Å². The van der Waals surface area contributed by atoms with E-state index in [4.69, 9.17) is 0 Å². The molecule has 0 unspecified atom stereocenters. The minimum Gasteiger partial charge on any atom is -0.389 e. The second kappa shape index (κ2) is 6.22. The first-order valence-electron chi connectivity index (χ1n) is 6.48. The van der Waals surface area contributed by atoms with Crippen molar-refractivity contribution in [1.29, 1.82) is 0 Å². The van der Waals surface area contributed by atoms with Gasteiger partial charge in [-0.1, -0.05) is 43.8 Å². The minimum absolute atomic E-state index is 0.461. The summed E-state index contributed by atoms with van der Waals surface area (Å²) < 4.78 is 0. The number of benzene rings is 1. The van der Waals surface area contributed by atoms with Crippen LogP contribution in [-0.2, 0) is 0 Å². The number of pyridine rings is 1. The third kappa shape index (κ3) is 3.82. The Morgan fingerprint density at radius 2 is 1.58 bits per heavy atom. The molecule has 0 saturated heterocycles. The molecule has 0 fully saturated rings. The van der Waals surface area contributed by atoms with Gasteiger partial charge in [-0.05, 0) is 42.2 Å². The molecule has 0 saturated carbocycles. The lowest BCUT2D eigenvalue weighted by molar-refractivity contribution is 0.198. The fourth-order valence-corrected chi connectivity index (χ4v) is 2.50. The largest absolute Gasteiger partial charge is 0.389 e. The Labute approximate surface area is 118 Å². The van der Waals surface area contributed by atoms with E-state index in [-0.39, 0.29) is 0 Å². The van der Waals surface area contributed by atoms with Crippen LogP contribution in [0.1, 0.15) is 43.9 Å². The lowest BCUT2D eigenvalue weighted by atomic mass is 10.0. The van der Waals surface area contributed by atoms with Gasteiger partial charge in [0.25, 0.3) is 0 Å². The zero-order valence-corrected chi connectivity index (χ0v) is 12.3. The molecule has 3 heteroatoms. The highest BCUT2D eigenvalue weighted by atomic mass is 32.2. The van der Waals surface area contributed by atoms with Crippen LogP contribution in [0.4, 0.5) is 0 Å². The predicted octanol–water partition coefficient (Wildman–Crippen LogP) is 4.41. The highest BCUT2D eigenvalue weighted by Gasteiger charge is 2.04. The molecule has 0 amide bonds. The monoisotopic (exact) mass is 273 g/mol. The summed E-state index contributed by atoms with van der Waals surface area (Å²) in [5.74, 6) is 0.558. The lowest BCUT2D eigenvalue weighted by Gasteiger charge is -2.07. The van der Waals surface area contributed by atoms with Crippen molar-refractivity contribution in [3.05, 3.63) is 53.7 Å². The maximum atomic E-state index is 9.44. The second-order valence-electron chi connectivity index (χ2n) is 4.93. The molecule has 19 heavy (non-hydrogen) atoms. The van der Waals surface area contributed by atoms with Gasteiger partial charge in [0.05, 0.1) is 6.10 Å². The Morgan fingerprint density at radius 1 is 0.947 bits per heavy atom.